The lowest BCUT2D eigenvalue weighted by molar-refractivity contribution is 0.101. The summed E-state index contributed by atoms with van der Waals surface area (Å²) in [7, 11) is 0. The molecule has 1 aliphatic heterocycles. The van der Waals surface area contributed by atoms with Crippen LogP contribution in [0, 0.1) is 6.92 Å². The monoisotopic (exact) mass is 421 g/mol. The molecule has 1 fully saturated rings. The topological polar surface area (TPSA) is 49.6 Å². The molecular formula is C24H27N3O2S. The van der Waals surface area contributed by atoms with E-state index in [1.54, 1.807) is 18.7 Å². The summed E-state index contributed by atoms with van der Waals surface area (Å²) < 4.78 is 5.95. The average Bonchev–Trinajstić information content (AvgIpc) is 3.14. The number of aryl methyl sites for hydroxylation is 1. The van der Waals surface area contributed by atoms with Gasteiger partial charge in [-0.15, -0.1) is 11.8 Å². The number of aromatic nitrogens is 1. The lowest BCUT2D eigenvalue weighted by Crippen LogP contribution is -2.46. The molecule has 5 nitrogen and oxygen atoms in total. The maximum absolute atomic E-state index is 11.5. The third kappa shape index (κ3) is 4.60. The Morgan fingerprint density at radius 2 is 1.70 bits per heavy atom. The minimum absolute atomic E-state index is 0.105. The summed E-state index contributed by atoms with van der Waals surface area (Å²) in [4.78, 5) is 22.3. The summed E-state index contributed by atoms with van der Waals surface area (Å²) in [5.41, 5.74) is 3.96. The summed E-state index contributed by atoms with van der Waals surface area (Å²) in [5.74, 6) is 1.69. The predicted octanol–water partition coefficient (Wildman–Crippen LogP) is 4.90. The highest BCUT2D eigenvalue weighted by Crippen LogP contribution is 2.25. The first-order valence-corrected chi connectivity index (χ1v) is 11.4. The molecule has 6 heteroatoms. The number of hydrogen-bond acceptors (Lipinski definition) is 6. The molecule has 0 unspecified atom stereocenters. The van der Waals surface area contributed by atoms with Crippen LogP contribution in [0.1, 0.15) is 28.7 Å². The highest BCUT2D eigenvalue weighted by atomic mass is 32.2. The van der Waals surface area contributed by atoms with Gasteiger partial charge < -0.3 is 9.32 Å². The third-order valence-corrected chi connectivity index (χ3v) is 6.36. The van der Waals surface area contributed by atoms with Gasteiger partial charge in [0.15, 0.2) is 5.78 Å². The van der Waals surface area contributed by atoms with Crippen molar-refractivity contribution in [3.05, 3.63) is 65.5 Å². The zero-order valence-corrected chi connectivity index (χ0v) is 18.5. The Morgan fingerprint density at radius 1 is 1.03 bits per heavy atom. The fourth-order valence-electron chi connectivity index (χ4n) is 3.71. The van der Waals surface area contributed by atoms with Crippen molar-refractivity contribution in [1.29, 1.82) is 0 Å². The van der Waals surface area contributed by atoms with E-state index >= 15 is 0 Å². The first-order valence-electron chi connectivity index (χ1n) is 10.2. The van der Waals surface area contributed by atoms with Crippen molar-refractivity contribution in [3.63, 3.8) is 0 Å². The Labute approximate surface area is 182 Å². The second-order valence-corrected chi connectivity index (χ2v) is 8.50. The number of ketones is 1. The van der Waals surface area contributed by atoms with Crippen LogP contribution >= 0.6 is 11.8 Å². The molecule has 30 heavy (non-hydrogen) atoms. The zero-order chi connectivity index (χ0) is 21.1. The van der Waals surface area contributed by atoms with Crippen molar-refractivity contribution >= 4 is 23.2 Å². The number of hydrogen-bond donors (Lipinski definition) is 0. The lowest BCUT2D eigenvalue weighted by atomic mass is 10.1. The smallest absolute Gasteiger partial charge is 0.226 e. The van der Waals surface area contributed by atoms with Gasteiger partial charge in [0.25, 0.3) is 0 Å². The molecule has 0 spiro atoms. The van der Waals surface area contributed by atoms with Crippen LogP contribution in [-0.4, -0.2) is 48.1 Å². The second-order valence-electron chi connectivity index (χ2n) is 7.62. The van der Waals surface area contributed by atoms with Gasteiger partial charge >= 0.3 is 0 Å². The molecule has 1 aromatic heterocycles. The SMILES string of the molecule is CSc1ccc(-c2nc(CN3CCN(c4ccc(C(C)=O)cc4)CC3)c(C)o2)cc1. The summed E-state index contributed by atoms with van der Waals surface area (Å²) in [5, 5.41) is 0. The normalized spacial score (nSPS) is 14.8. The minimum atomic E-state index is 0.105. The molecule has 0 radical (unpaired) electrons. The van der Waals surface area contributed by atoms with Gasteiger partial charge in [-0.3, -0.25) is 9.69 Å². The van der Waals surface area contributed by atoms with E-state index in [1.807, 2.05) is 31.2 Å². The molecule has 1 saturated heterocycles. The number of thioether (sulfide) groups is 1. The molecule has 0 atom stereocenters. The Bertz CT molecular complexity index is 1000. The summed E-state index contributed by atoms with van der Waals surface area (Å²) in [6.07, 6.45) is 2.07. The number of anilines is 1. The van der Waals surface area contributed by atoms with Crippen LogP contribution in [-0.2, 0) is 6.54 Å². The van der Waals surface area contributed by atoms with Crippen molar-refractivity contribution in [2.75, 3.05) is 37.3 Å². The molecular weight excluding hydrogens is 394 g/mol. The van der Waals surface area contributed by atoms with Crippen LogP contribution in [0.25, 0.3) is 11.5 Å². The molecule has 1 aliphatic rings. The number of piperazine rings is 1. The van der Waals surface area contributed by atoms with Gasteiger partial charge in [0.2, 0.25) is 5.89 Å². The first kappa shape index (κ1) is 20.7. The van der Waals surface area contributed by atoms with E-state index in [2.05, 4.69) is 40.3 Å². The lowest BCUT2D eigenvalue weighted by Gasteiger charge is -2.35. The number of carbonyl (C=O) groups excluding carboxylic acids is 1. The number of nitrogens with zero attached hydrogens (tertiary/aromatic N) is 3. The Morgan fingerprint density at radius 3 is 2.30 bits per heavy atom. The maximum atomic E-state index is 11.5. The standard InChI is InChI=1S/C24H27N3O2S/c1-17(28)19-4-8-21(9-5-19)27-14-12-26(13-15-27)16-23-18(2)29-24(25-23)20-6-10-22(30-3)11-7-20/h4-11H,12-16H2,1-3H3. The van der Waals surface area contributed by atoms with Gasteiger partial charge in [0, 0.05) is 54.4 Å². The fraction of sp³-hybridized carbons (Fsp3) is 0.333. The van der Waals surface area contributed by atoms with E-state index in [0.29, 0.717) is 5.89 Å². The van der Waals surface area contributed by atoms with Crippen molar-refractivity contribution in [3.8, 4) is 11.5 Å². The molecule has 2 aromatic carbocycles. The van der Waals surface area contributed by atoms with Crippen molar-refractivity contribution in [2.45, 2.75) is 25.3 Å². The maximum Gasteiger partial charge on any atom is 0.226 e. The number of carbonyl (C=O) groups is 1. The molecule has 0 N–H and O–H groups in total. The number of Topliss-reactive ketones (excluding diaryl/α,β-unsaturated/α-hetero) is 1. The van der Waals surface area contributed by atoms with E-state index < -0.39 is 0 Å². The van der Waals surface area contributed by atoms with Crippen molar-refractivity contribution in [2.24, 2.45) is 0 Å². The summed E-state index contributed by atoms with van der Waals surface area (Å²) >= 11 is 1.73. The van der Waals surface area contributed by atoms with Gasteiger partial charge in [-0.2, -0.15) is 0 Å². The molecule has 0 amide bonds. The predicted molar refractivity (Wildman–Crippen MR) is 122 cm³/mol. The van der Waals surface area contributed by atoms with Crippen LogP contribution in [0.3, 0.4) is 0 Å². The van der Waals surface area contributed by atoms with Gasteiger partial charge in [0.05, 0.1) is 5.69 Å². The molecule has 0 aliphatic carbocycles. The Kier molecular flexibility index (Phi) is 6.25. The molecule has 0 bridgehead atoms. The van der Waals surface area contributed by atoms with Crippen LogP contribution in [0.15, 0.2) is 57.8 Å². The number of benzene rings is 2. The highest BCUT2D eigenvalue weighted by molar-refractivity contribution is 7.98. The second kappa shape index (κ2) is 9.06. The Hall–Kier alpha value is -2.57. The van der Waals surface area contributed by atoms with Crippen molar-refractivity contribution < 1.29 is 9.21 Å². The largest absolute Gasteiger partial charge is 0.441 e. The molecule has 2 heterocycles. The van der Waals surface area contributed by atoms with E-state index in [0.717, 1.165) is 55.3 Å². The van der Waals surface area contributed by atoms with E-state index in [4.69, 9.17) is 9.40 Å². The fourth-order valence-corrected chi connectivity index (χ4v) is 4.12. The highest BCUT2D eigenvalue weighted by Gasteiger charge is 2.20. The third-order valence-electron chi connectivity index (χ3n) is 5.61. The van der Waals surface area contributed by atoms with Gasteiger partial charge in [-0.05, 0) is 68.6 Å². The van der Waals surface area contributed by atoms with Crippen LogP contribution in [0.4, 0.5) is 5.69 Å². The zero-order valence-electron chi connectivity index (χ0n) is 17.7. The summed E-state index contributed by atoms with van der Waals surface area (Å²) in [6, 6.07) is 16.2. The molecule has 0 saturated carbocycles. The summed E-state index contributed by atoms with van der Waals surface area (Å²) in [6.45, 7) is 8.25. The van der Waals surface area contributed by atoms with E-state index in [-0.39, 0.29) is 5.78 Å². The first-order chi connectivity index (χ1) is 14.5. The van der Waals surface area contributed by atoms with E-state index in [1.165, 1.54) is 10.6 Å². The van der Waals surface area contributed by atoms with Crippen molar-refractivity contribution in [1.82, 2.24) is 9.88 Å². The minimum Gasteiger partial charge on any atom is -0.441 e. The quantitative estimate of drug-likeness (QED) is 0.417. The Balaban J connectivity index is 1.37. The van der Waals surface area contributed by atoms with Gasteiger partial charge in [0.1, 0.15) is 5.76 Å². The number of rotatable bonds is 6. The number of oxazole rings is 1. The van der Waals surface area contributed by atoms with Crippen LogP contribution < -0.4 is 4.90 Å². The van der Waals surface area contributed by atoms with E-state index in [9.17, 15) is 4.79 Å². The average molecular weight is 422 g/mol. The molecule has 156 valence electrons. The van der Waals surface area contributed by atoms with Gasteiger partial charge in [-0.1, -0.05) is 0 Å². The van der Waals surface area contributed by atoms with Crippen LogP contribution in [0.5, 0.6) is 0 Å². The van der Waals surface area contributed by atoms with Crippen LogP contribution in [0.2, 0.25) is 0 Å². The molecule has 4 rings (SSSR count). The molecule has 3 aromatic rings. The van der Waals surface area contributed by atoms with Gasteiger partial charge in [-0.25, -0.2) is 4.98 Å².